The fraction of sp³-hybridized carbons (Fsp3) is 0.467. The minimum Gasteiger partial charge on any atom is -0.368 e. The highest BCUT2D eigenvalue weighted by Crippen LogP contribution is 2.33. The van der Waals surface area contributed by atoms with Crippen LogP contribution in [0.2, 0.25) is 0 Å². The molecule has 142 valence electrons. The van der Waals surface area contributed by atoms with Crippen molar-refractivity contribution in [2.75, 3.05) is 25.0 Å². The highest BCUT2D eigenvalue weighted by molar-refractivity contribution is 5.79. The van der Waals surface area contributed by atoms with Gasteiger partial charge in [-0.1, -0.05) is 0 Å². The zero-order chi connectivity index (χ0) is 19.0. The summed E-state index contributed by atoms with van der Waals surface area (Å²) in [6, 6.07) is 2.25. The number of pyridine rings is 1. The Bertz CT molecular complexity index is 726. The third-order valence-electron chi connectivity index (χ3n) is 3.35. The summed E-state index contributed by atoms with van der Waals surface area (Å²) in [5, 5.41) is 12.8. The van der Waals surface area contributed by atoms with Crippen LogP contribution in [0.4, 0.5) is 19.0 Å². The molecule has 0 atom stereocenters. The number of alkyl halides is 3. The average Bonchev–Trinajstić information content (AvgIpc) is 3.01. The molecule has 3 N–H and O–H groups in total. The molecule has 0 aliphatic heterocycles. The number of rotatable bonds is 7. The van der Waals surface area contributed by atoms with E-state index >= 15 is 0 Å². The van der Waals surface area contributed by atoms with Crippen LogP contribution in [-0.2, 0) is 19.8 Å². The highest BCUT2D eigenvalue weighted by Gasteiger charge is 2.33. The van der Waals surface area contributed by atoms with Crippen LogP contribution in [0.25, 0.3) is 0 Å². The number of halogens is 3. The molecular weight excluding hydrogens is 349 g/mol. The van der Waals surface area contributed by atoms with Gasteiger partial charge in [0.05, 0.1) is 5.56 Å². The molecule has 2 rings (SSSR count). The average molecular weight is 370 g/mol. The van der Waals surface area contributed by atoms with E-state index in [1.165, 1.54) is 18.6 Å². The van der Waals surface area contributed by atoms with Gasteiger partial charge in [0.25, 0.3) is 0 Å². The Morgan fingerprint density at radius 3 is 2.69 bits per heavy atom. The van der Waals surface area contributed by atoms with Crippen LogP contribution in [-0.4, -0.2) is 45.3 Å². The zero-order valence-electron chi connectivity index (χ0n) is 14.5. The lowest BCUT2D eigenvalue weighted by Gasteiger charge is -2.14. The van der Waals surface area contributed by atoms with Gasteiger partial charge in [0, 0.05) is 32.9 Å². The number of aliphatic imine (C=N–C) groups is 1. The minimum atomic E-state index is -4.45. The molecule has 2 aromatic heterocycles. The minimum absolute atomic E-state index is 0.192. The van der Waals surface area contributed by atoms with Crippen LogP contribution in [0.15, 0.2) is 29.6 Å². The van der Waals surface area contributed by atoms with Crippen molar-refractivity contribution in [3.63, 3.8) is 0 Å². The Morgan fingerprint density at radius 2 is 2.04 bits per heavy atom. The molecule has 0 unspecified atom stereocenters. The van der Waals surface area contributed by atoms with Crippen LogP contribution in [0.1, 0.15) is 18.3 Å². The first-order valence-electron chi connectivity index (χ1n) is 8.03. The number of aromatic nitrogens is 4. The smallest absolute Gasteiger partial charge is 0.368 e. The normalized spacial score (nSPS) is 12.1. The molecule has 26 heavy (non-hydrogen) atoms. The van der Waals surface area contributed by atoms with E-state index in [9.17, 15) is 13.2 Å². The van der Waals surface area contributed by atoms with E-state index in [0.717, 1.165) is 6.07 Å². The second-order valence-corrected chi connectivity index (χ2v) is 5.25. The molecule has 0 saturated heterocycles. The summed E-state index contributed by atoms with van der Waals surface area (Å²) in [6.45, 7) is 3.50. The van der Waals surface area contributed by atoms with Crippen molar-refractivity contribution >= 4 is 11.8 Å². The molecule has 8 nitrogen and oxygen atoms in total. The van der Waals surface area contributed by atoms with Gasteiger partial charge in [-0.3, -0.25) is 4.68 Å². The molecule has 0 amide bonds. The van der Waals surface area contributed by atoms with Gasteiger partial charge in [-0.25, -0.2) is 15.0 Å². The molecule has 0 aliphatic rings. The van der Waals surface area contributed by atoms with E-state index in [2.05, 4.69) is 36.0 Å². The second kappa shape index (κ2) is 9.02. The third kappa shape index (κ3) is 5.60. The van der Waals surface area contributed by atoms with Gasteiger partial charge in [-0.15, -0.1) is 0 Å². The van der Waals surface area contributed by atoms with Crippen molar-refractivity contribution in [2.45, 2.75) is 19.6 Å². The van der Waals surface area contributed by atoms with E-state index in [1.54, 1.807) is 11.7 Å². The summed E-state index contributed by atoms with van der Waals surface area (Å²) in [5.41, 5.74) is -0.789. The SMILES string of the molecule is CCNC(=NCc1ncnn1C)NCCNc1ncccc1C(F)(F)F. The molecule has 0 aromatic carbocycles. The predicted molar refractivity (Wildman–Crippen MR) is 91.6 cm³/mol. The predicted octanol–water partition coefficient (Wildman–Crippen LogP) is 1.40. The van der Waals surface area contributed by atoms with Crippen LogP contribution in [0, 0.1) is 0 Å². The van der Waals surface area contributed by atoms with Crippen LogP contribution < -0.4 is 16.0 Å². The largest absolute Gasteiger partial charge is 0.419 e. The van der Waals surface area contributed by atoms with Crippen molar-refractivity contribution < 1.29 is 13.2 Å². The first-order chi connectivity index (χ1) is 12.4. The molecule has 0 spiro atoms. The first kappa shape index (κ1) is 19.5. The number of guanidine groups is 1. The van der Waals surface area contributed by atoms with Crippen molar-refractivity contribution in [3.05, 3.63) is 36.0 Å². The van der Waals surface area contributed by atoms with Gasteiger partial charge in [-0.05, 0) is 19.1 Å². The molecule has 11 heteroatoms. The summed E-state index contributed by atoms with van der Waals surface area (Å²) >= 11 is 0. The standard InChI is InChI=1S/C15H21F3N8/c1-3-19-14(23-9-12-24-10-25-26(12)2)22-8-7-21-13-11(15(16,17)18)5-4-6-20-13/h4-6,10H,3,7-9H2,1-2H3,(H,20,21)(H2,19,22,23). The molecule has 0 aliphatic carbocycles. The Balaban J connectivity index is 1.88. The molecule has 0 fully saturated rings. The number of hydrogen-bond acceptors (Lipinski definition) is 5. The van der Waals surface area contributed by atoms with Crippen LogP contribution in [0.5, 0.6) is 0 Å². The topological polar surface area (TPSA) is 92.0 Å². The van der Waals surface area contributed by atoms with Gasteiger partial charge >= 0.3 is 6.18 Å². The molecule has 2 aromatic rings. The Labute approximate surface area is 148 Å². The molecule has 2 heterocycles. The van der Waals surface area contributed by atoms with Crippen LogP contribution in [0.3, 0.4) is 0 Å². The van der Waals surface area contributed by atoms with Gasteiger partial charge < -0.3 is 16.0 Å². The van der Waals surface area contributed by atoms with Crippen LogP contribution >= 0.6 is 0 Å². The van der Waals surface area contributed by atoms with Crippen molar-refractivity contribution in [1.82, 2.24) is 30.4 Å². The van der Waals surface area contributed by atoms with Gasteiger partial charge in [0.15, 0.2) is 5.96 Å². The maximum Gasteiger partial charge on any atom is 0.419 e. The third-order valence-corrected chi connectivity index (χ3v) is 3.35. The number of aryl methyl sites for hydroxylation is 1. The number of anilines is 1. The van der Waals surface area contributed by atoms with E-state index < -0.39 is 11.7 Å². The lowest BCUT2D eigenvalue weighted by molar-refractivity contribution is -0.137. The maximum atomic E-state index is 12.9. The van der Waals surface area contributed by atoms with Gasteiger partial charge in [0.2, 0.25) is 0 Å². The van der Waals surface area contributed by atoms with Gasteiger partial charge in [-0.2, -0.15) is 18.3 Å². The monoisotopic (exact) mass is 370 g/mol. The lowest BCUT2D eigenvalue weighted by atomic mass is 10.2. The highest BCUT2D eigenvalue weighted by atomic mass is 19.4. The summed E-state index contributed by atoms with van der Waals surface area (Å²) in [4.78, 5) is 12.2. The fourth-order valence-corrected chi connectivity index (χ4v) is 2.09. The summed E-state index contributed by atoms with van der Waals surface area (Å²) < 4.78 is 40.4. The molecule has 0 saturated carbocycles. The second-order valence-electron chi connectivity index (χ2n) is 5.25. The summed E-state index contributed by atoms with van der Waals surface area (Å²) in [7, 11) is 1.77. The Hall–Kier alpha value is -2.85. The van der Waals surface area contributed by atoms with Crippen molar-refractivity contribution in [3.8, 4) is 0 Å². The molecular formula is C15H21F3N8. The number of hydrogen-bond donors (Lipinski definition) is 3. The van der Waals surface area contributed by atoms with Crippen molar-refractivity contribution in [1.29, 1.82) is 0 Å². The van der Waals surface area contributed by atoms with E-state index in [4.69, 9.17) is 0 Å². The zero-order valence-corrected chi connectivity index (χ0v) is 14.5. The van der Waals surface area contributed by atoms with E-state index in [0.29, 0.717) is 31.4 Å². The summed E-state index contributed by atoms with van der Waals surface area (Å²) in [5.74, 6) is 1.04. The maximum absolute atomic E-state index is 12.9. The van der Waals surface area contributed by atoms with E-state index in [1.807, 2.05) is 6.92 Å². The Kier molecular flexibility index (Phi) is 6.75. The lowest BCUT2D eigenvalue weighted by Crippen LogP contribution is -2.39. The number of nitrogens with one attached hydrogen (secondary N) is 3. The first-order valence-corrected chi connectivity index (χ1v) is 8.03. The molecule has 0 radical (unpaired) electrons. The van der Waals surface area contributed by atoms with Gasteiger partial charge in [0.1, 0.15) is 24.5 Å². The summed E-state index contributed by atoms with van der Waals surface area (Å²) in [6.07, 6.45) is -1.69. The quantitative estimate of drug-likeness (QED) is 0.388. The number of nitrogens with zero attached hydrogens (tertiary/aromatic N) is 5. The van der Waals surface area contributed by atoms with E-state index in [-0.39, 0.29) is 12.4 Å². The molecule has 0 bridgehead atoms. The Morgan fingerprint density at radius 1 is 1.23 bits per heavy atom. The van der Waals surface area contributed by atoms with Crippen molar-refractivity contribution in [2.24, 2.45) is 12.0 Å². The fourth-order valence-electron chi connectivity index (χ4n) is 2.09.